The lowest BCUT2D eigenvalue weighted by Gasteiger charge is -2.14. The Morgan fingerprint density at radius 1 is 1.08 bits per heavy atom. The number of imidazole rings is 1. The first-order chi connectivity index (χ1) is 12.5. The van der Waals surface area contributed by atoms with Crippen LogP contribution in [0.5, 0.6) is 5.75 Å². The molecule has 0 aliphatic heterocycles. The summed E-state index contributed by atoms with van der Waals surface area (Å²) in [7, 11) is 4.13. The first-order valence-electron chi connectivity index (χ1n) is 8.68. The Hall–Kier alpha value is -1.75. The standard InChI is InChI=1S/C20H23Cl2N3O/c1-4-26-15-7-5-14(6-8-15)11-20-23-18-12-16(21)17(22)13-19(18)25(20)10-9-24(2)3/h5-8,12-13H,4,9-11H2,1-3H3. The Bertz CT molecular complexity index is 888. The minimum absolute atomic E-state index is 0.532. The van der Waals surface area contributed by atoms with E-state index in [1.54, 1.807) is 0 Å². The molecule has 0 amide bonds. The van der Waals surface area contributed by atoms with Crippen LogP contribution in [0.4, 0.5) is 0 Å². The zero-order chi connectivity index (χ0) is 18.7. The third-order valence-corrected chi connectivity index (χ3v) is 4.96. The van der Waals surface area contributed by atoms with Crippen molar-refractivity contribution in [2.75, 3.05) is 27.2 Å². The zero-order valence-corrected chi connectivity index (χ0v) is 16.8. The zero-order valence-electron chi connectivity index (χ0n) is 15.3. The van der Waals surface area contributed by atoms with Gasteiger partial charge in [0.25, 0.3) is 0 Å². The second-order valence-electron chi connectivity index (χ2n) is 6.49. The molecule has 0 saturated carbocycles. The SMILES string of the molecule is CCOc1ccc(Cc2nc3cc(Cl)c(Cl)cc3n2CCN(C)C)cc1. The summed E-state index contributed by atoms with van der Waals surface area (Å²) >= 11 is 12.4. The van der Waals surface area contributed by atoms with Crippen molar-refractivity contribution >= 4 is 34.2 Å². The highest BCUT2D eigenvalue weighted by molar-refractivity contribution is 6.42. The third-order valence-electron chi connectivity index (χ3n) is 4.24. The smallest absolute Gasteiger partial charge is 0.119 e. The summed E-state index contributed by atoms with van der Waals surface area (Å²) in [5, 5.41) is 1.09. The van der Waals surface area contributed by atoms with Crippen LogP contribution >= 0.6 is 23.2 Å². The molecule has 0 bridgehead atoms. The topological polar surface area (TPSA) is 30.3 Å². The normalized spacial score (nSPS) is 11.5. The molecule has 6 heteroatoms. The molecular formula is C20H23Cl2N3O. The number of ether oxygens (including phenoxy) is 1. The van der Waals surface area contributed by atoms with Crippen molar-refractivity contribution in [1.82, 2.24) is 14.5 Å². The van der Waals surface area contributed by atoms with Crippen LogP contribution in [0.3, 0.4) is 0 Å². The highest BCUT2D eigenvalue weighted by Crippen LogP contribution is 2.29. The van der Waals surface area contributed by atoms with Gasteiger partial charge in [0.15, 0.2) is 0 Å². The van der Waals surface area contributed by atoms with Gasteiger partial charge < -0.3 is 14.2 Å². The summed E-state index contributed by atoms with van der Waals surface area (Å²) in [6.07, 6.45) is 0.740. The van der Waals surface area contributed by atoms with Crippen molar-refractivity contribution in [2.24, 2.45) is 0 Å². The van der Waals surface area contributed by atoms with E-state index < -0.39 is 0 Å². The number of hydrogen-bond donors (Lipinski definition) is 0. The van der Waals surface area contributed by atoms with Gasteiger partial charge in [0.1, 0.15) is 11.6 Å². The molecule has 3 aromatic rings. The van der Waals surface area contributed by atoms with Crippen molar-refractivity contribution in [3.8, 4) is 5.75 Å². The van der Waals surface area contributed by atoms with Gasteiger partial charge in [-0.3, -0.25) is 0 Å². The maximum atomic E-state index is 6.24. The van der Waals surface area contributed by atoms with Crippen molar-refractivity contribution in [3.63, 3.8) is 0 Å². The van der Waals surface area contributed by atoms with E-state index in [0.717, 1.165) is 42.1 Å². The van der Waals surface area contributed by atoms with Crippen molar-refractivity contribution in [1.29, 1.82) is 0 Å². The van der Waals surface area contributed by atoms with Gasteiger partial charge in [-0.15, -0.1) is 0 Å². The lowest BCUT2D eigenvalue weighted by molar-refractivity contribution is 0.340. The molecule has 0 atom stereocenters. The van der Waals surface area contributed by atoms with Gasteiger partial charge in [-0.25, -0.2) is 4.98 Å². The minimum atomic E-state index is 0.532. The summed E-state index contributed by atoms with van der Waals surface area (Å²) in [5.41, 5.74) is 3.08. The van der Waals surface area contributed by atoms with Gasteiger partial charge in [0.2, 0.25) is 0 Å². The summed E-state index contributed by atoms with van der Waals surface area (Å²) in [6.45, 7) is 4.41. The second-order valence-corrected chi connectivity index (χ2v) is 7.31. The van der Waals surface area contributed by atoms with Crippen LogP contribution in [0.25, 0.3) is 11.0 Å². The molecule has 3 rings (SSSR count). The fourth-order valence-electron chi connectivity index (χ4n) is 2.91. The fraction of sp³-hybridized carbons (Fsp3) is 0.350. The first kappa shape index (κ1) is 19.0. The number of aromatic nitrogens is 2. The monoisotopic (exact) mass is 391 g/mol. The molecule has 26 heavy (non-hydrogen) atoms. The Labute approximate surface area is 164 Å². The third kappa shape index (κ3) is 4.32. The van der Waals surface area contributed by atoms with Crippen molar-refractivity contribution in [3.05, 3.63) is 57.8 Å². The highest BCUT2D eigenvalue weighted by Gasteiger charge is 2.14. The molecule has 4 nitrogen and oxygen atoms in total. The van der Waals surface area contributed by atoms with Crippen LogP contribution in [0, 0.1) is 0 Å². The summed E-state index contributed by atoms with van der Waals surface area (Å²) in [5.74, 6) is 1.89. The maximum Gasteiger partial charge on any atom is 0.119 e. The number of nitrogens with zero attached hydrogens (tertiary/aromatic N) is 3. The highest BCUT2D eigenvalue weighted by atomic mass is 35.5. The number of likely N-dealkylation sites (N-methyl/N-ethyl adjacent to an activating group) is 1. The number of halogens is 2. The Balaban J connectivity index is 1.96. The Morgan fingerprint density at radius 2 is 1.77 bits per heavy atom. The van der Waals surface area contributed by atoms with Crippen molar-refractivity contribution in [2.45, 2.75) is 19.9 Å². The molecule has 0 spiro atoms. The minimum Gasteiger partial charge on any atom is -0.494 e. The Morgan fingerprint density at radius 3 is 2.42 bits per heavy atom. The fourth-order valence-corrected chi connectivity index (χ4v) is 3.22. The molecule has 0 N–H and O–H groups in total. The molecule has 0 fully saturated rings. The van der Waals surface area contributed by atoms with Gasteiger partial charge >= 0.3 is 0 Å². The van der Waals surface area contributed by atoms with E-state index in [1.165, 1.54) is 5.56 Å². The van der Waals surface area contributed by atoms with Gasteiger partial charge in [0, 0.05) is 19.5 Å². The van der Waals surface area contributed by atoms with Gasteiger partial charge in [-0.2, -0.15) is 0 Å². The average Bonchev–Trinajstić information content (AvgIpc) is 2.91. The van der Waals surface area contributed by atoms with E-state index in [0.29, 0.717) is 16.7 Å². The van der Waals surface area contributed by atoms with E-state index >= 15 is 0 Å². The molecule has 138 valence electrons. The van der Waals surface area contributed by atoms with Crippen LogP contribution in [-0.2, 0) is 13.0 Å². The quantitative estimate of drug-likeness (QED) is 0.573. The maximum absolute atomic E-state index is 6.24. The molecule has 2 aromatic carbocycles. The summed E-state index contributed by atoms with van der Waals surface area (Å²) < 4.78 is 7.75. The van der Waals surface area contributed by atoms with Gasteiger partial charge in [-0.05, 0) is 50.8 Å². The van der Waals surface area contributed by atoms with Crippen molar-refractivity contribution < 1.29 is 4.74 Å². The largest absolute Gasteiger partial charge is 0.494 e. The van der Waals surface area contributed by atoms with E-state index in [4.69, 9.17) is 32.9 Å². The molecule has 1 heterocycles. The molecular weight excluding hydrogens is 369 g/mol. The molecule has 0 aliphatic carbocycles. The summed E-state index contributed by atoms with van der Waals surface area (Å²) in [4.78, 5) is 6.97. The van der Waals surface area contributed by atoms with Crippen LogP contribution in [0.2, 0.25) is 10.0 Å². The number of fused-ring (bicyclic) bond motifs is 1. The molecule has 0 aliphatic rings. The molecule has 0 saturated heterocycles. The van der Waals surface area contributed by atoms with Gasteiger partial charge in [-0.1, -0.05) is 35.3 Å². The molecule has 0 unspecified atom stereocenters. The predicted molar refractivity (Wildman–Crippen MR) is 109 cm³/mol. The number of benzene rings is 2. The summed E-state index contributed by atoms with van der Waals surface area (Å²) in [6, 6.07) is 11.9. The van der Waals surface area contributed by atoms with E-state index in [9.17, 15) is 0 Å². The molecule has 0 radical (unpaired) electrons. The number of rotatable bonds is 7. The van der Waals surface area contributed by atoms with Crippen LogP contribution in [0.15, 0.2) is 36.4 Å². The average molecular weight is 392 g/mol. The lowest BCUT2D eigenvalue weighted by Crippen LogP contribution is -2.19. The first-order valence-corrected chi connectivity index (χ1v) is 9.44. The lowest BCUT2D eigenvalue weighted by atomic mass is 10.1. The number of hydrogen-bond acceptors (Lipinski definition) is 3. The van der Waals surface area contributed by atoms with Crippen LogP contribution in [-0.4, -0.2) is 41.7 Å². The van der Waals surface area contributed by atoms with E-state index in [2.05, 4.69) is 35.7 Å². The Kier molecular flexibility index (Phi) is 6.07. The van der Waals surface area contributed by atoms with E-state index in [1.807, 2.05) is 31.2 Å². The molecule has 1 aromatic heterocycles. The second kappa shape index (κ2) is 8.30. The predicted octanol–water partition coefficient (Wildman–Crippen LogP) is 4.89. The van der Waals surface area contributed by atoms with Crippen LogP contribution in [0.1, 0.15) is 18.3 Å². The van der Waals surface area contributed by atoms with Crippen LogP contribution < -0.4 is 4.74 Å². The van der Waals surface area contributed by atoms with Gasteiger partial charge in [0.05, 0.1) is 27.7 Å². The van der Waals surface area contributed by atoms with E-state index in [-0.39, 0.29) is 0 Å².